The fourth-order valence-corrected chi connectivity index (χ4v) is 3.62. The number of nitrogens with zero attached hydrogens (tertiary/aromatic N) is 4. The Morgan fingerprint density at radius 2 is 2.07 bits per heavy atom. The van der Waals surface area contributed by atoms with Gasteiger partial charge in [-0.25, -0.2) is 19.3 Å². The number of hydrogen-bond donors (Lipinski definition) is 3. The quantitative estimate of drug-likeness (QED) is 0.519. The molecule has 0 radical (unpaired) electrons. The summed E-state index contributed by atoms with van der Waals surface area (Å²) in [6.07, 6.45) is -2.87. The number of aliphatic hydroxyl groups excluding tert-OH is 1. The molecule has 10 nitrogen and oxygen atoms in total. The van der Waals surface area contributed by atoms with E-state index in [4.69, 9.17) is 14.2 Å². The van der Waals surface area contributed by atoms with E-state index in [9.17, 15) is 14.1 Å². The summed E-state index contributed by atoms with van der Waals surface area (Å²) in [4.78, 5) is 21.6. The zero-order valence-electron chi connectivity index (χ0n) is 14.3. The third kappa shape index (κ3) is 3.50. The van der Waals surface area contributed by atoms with E-state index in [1.165, 1.54) is 17.2 Å². The molecule has 4 rings (SSSR count). The molecule has 3 aromatic rings. The molecular formula is C16H17FN5O5P. The third-order valence-electron chi connectivity index (χ3n) is 4.35. The molecular weight excluding hydrogens is 392 g/mol. The van der Waals surface area contributed by atoms with E-state index in [1.807, 2.05) is 30.3 Å². The van der Waals surface area contributed by atoms with E-state index in [-0.39, 0.29) is 0 Å². The normalized spacial score (nSPS) is 25.8. The van der Waals surface area contributed by atoms with Crippen LogP contribution in [0.1, 0.15) is 6.23 Å². The standard InChI is InChI=1S/C16H17FN5O5P/c17-11-13(27-28(24)25)10(6-23)26-16(11)22-8-20-12-14(18-7-19-15(12)22)21-9-4-2-1-3-5-9/h1-5,7-8,10-11,13,16,23,28H,6H2,(H,24,25)(H,18,19,21)/t10-,11-,13-,16-/m1/s1. The first-order valence-electron chi connectivity index (χ1n) is 8.38. The van der Waals surface area contributed by atoms with Crippen LogP contribution < -0.4 is 5.32 Å². The molecule has 1 aliphatic heterocycles. The van der Waals surface area contributed by atoms with Crippen molar-refractivity contribution >= 4 is 30.9 Å². The SMILES string of the molecule is O=[PH](O)O[C@H]1[C@@H](F)[C@H](n2cnc3c(Nc4ccccc4)ncnc32)O[C@@H]1CO. The monoisotopic (exact) mass is 409 g/mol. The number of benzene rings is 1. The van der Waals surface area contributed by atoms with Crippen molar-refractivity contribution in [1.82, 2.24) is 19.5 Å². The Labute approximate surface area is 158 Å². The highest BCUT2D eigenvalue weighted by Crippen LogP contribution is 2.39. The van der Waals surface area contributed by atoms with Gasteiger partial charge in [0, 0.05) is 5.69 Å². The molecule has 1 aliphatic rings. The van der Waals surface area contributed by atoms with Crippen LogP contribution in [-0.2, 0) is 13.8 Å². The van der Waals surface area contributed by atoms with Gasteiger partial charge in [-0.1, -0.05) is 18.2 Å². The molecule has 0 amide bonds. The summed E-state index contributed by atoms with van der Waals surface area (Å²) >= 11 is 0. The van der Waals surface area contributed by atoms with Crippen LogP contribution in [-0.4, -0.2) is 54.5 Å². The van der Waals surface area contributed by atoms with E-state index in [0.29, 0.717) is 17.0 Å². The van der Waals surface area contributed by atoms with Crippen LogP contribution in [0.3, 0.4) is 0 Å². The molecule has 5 atom stereocenters. The van der Waals surface area contributed by atoms with Gasteiger partial charge in [0.25, 0.3) is 0 Å². The highest BCUT2D eigenvalue weighted by atomic mass is 31.1. The summed E-state index contributed by atoms with van der Waals surface area (Å²) in [5.41, 5.74) is 1.48. The minimum absolute atomic E-state index is 0.301. The first kappa shape index (κ1) is 18.9. The number of halogens is 1. The molecule has 3 heterocycles. The zero-order chi connectivity index (χ0) is 19.7. The number of ether oxygens (including phenoxy) is 1. The Morgan fingerprint density at radius 3 is 2.79 bits per heavy atom. The lowest BCUT2D eigenvalue weighted by Gasteiger charge is -2.16. The number of para-hydroxylation sites is 1. The molecule has 148 valence electrons. The molecule has 1 unspecified atom stereocenters. The average Bonchev–Trinajstić information content (AvgIpc) is 3.25. The fraction of sp³-hybridized carbons (Fsp3) is 0.312. The summed E-state index contributed by atoms with van der Waals surface area (Å²) in [6, 6.07) is 9.31. The van der Waals surface area contributed by atoms with Gasteiger partial charge in [-0.3, -0.25) is 9.13 Å². The molecule has 1 saturated heterocycles. The van der Waals surface area contributed by atoms with E-state index in [2.05, 4.69) is 20.3 Å². The summed E-state index contributed by atoms with van der Waals surface area (Å²) in [5, 5.41) is 12.5. The molecule has 3 N–H and O–H groups in total. The second kappa shape index (κ2) is 7.90. The first-order valence-corrected chi connectivity index (χ1v) is 9.64. The number of alkyl halides is 1. The van der Waals surface area contributed by atoms with Crippen LogP contribution in [0, 0.1) is 0 Å². The minimum Gasteiger partial charge on any atom is -0.394 e. The molecule has 0 bridgehead atoms. The Morgan fingerprint density at radius 1 is 1.29 bits per heavy atom. The predicted molar refractivity (Wildman–Crippen MR) is 97.0 cm³/mol. The molecule has 1 aromatic carbocycles. The van der Waals surface area contributed by atoms with Gasteiger partial charge in [-0.15, -0.1) is 0 Å². The second-order valence-electron chi connectivity index (χ2n) is 6.08. The van der Waals surface area contributed by atoms with Gasteiger partial charge in [0.2, 0.25) is 0 Å². The largest absolute Gasteiger partial charge is 0.394 e. The Hall–Kier alpha value is -2.43. The average molecular weight is 409 g/mol. The van der Waals surface area contributed by atoms with Gasteiger partial charge in [0.05, 0.1) is 12.9 Å². The van der Waals surface area contributed by atoms with Crippen molar-refractivity contribution in [2.45, 2.75) is 24.6 Å². The van der Waals surface area contributed by atoms with Gasteiger partial charge in [0.1, 0.15) is 18.5 Å². The van der Waals surface area contributed by atoms with E-state index < -0.39 is 39.5 Å². The van der Waals surface area contributed by atoms with E-state index in [0.717, 1.165) is 5.69 Å². The van der Waals surface area contributed by atoms with Crippen LogP contribution in [0.15, 0.2) is 43.0 Å². The lowest BCUT2D eigenvalue weighted by molar-refractivity contribution is -0.0436. The highest BCUT2D eigenvalue weighted by molar-refractivity contribution is 7.32. The van der Waals surface area contributed by atoms with Gasteiger partial charge in [-0.05, 0) is 12.1 Å². The van der Waals surface area contributed by atoms with Crippen LogP contribution in [0.25, 0.3) is 11.2 Å². The fourth-order valence-electron chi connectivity index (χ4n) is 3.11. The molecule has 1 fully saturated rings. The number of anilines is 2. The number of aliphatic hydroxyl groups is 1. The molecule has 2 aromatic heterocycles. The first-order chi connectivity index (χ1) is 13.6. The number of fused-ring (bicyclic) bond motifs is 1. The molecule has 0 aliphatic carbocycles. The van der Waals surface area contributed by atoms with E-state index in [1.54, 1.807) is 0 Å². The Bertz CT molecular complexity index is 990. The smallest absolute Gasteiger partial charge is 0.317 e. The number of hydrogen-bond acceptors (Lipinski definition) is 8. The predicted octanol–water partition coefficient (Wildman–Crippen LogP) is 1.56. The maximum absolute atomic E-state index is 14.9. The Kier molecular flexibility index (Phi) is 5.33. The zero-order valence-corrected chi connectivity index (χ0v) is 15.3. The van der Waals surface area contributed by atoms with Gasteiger partial charge >= 0.3 is 8.25 Å². The summed E-state index contributed by atoms with van der Waals surface area (Å²) in [5.74, 6) is 0.426. The number of imidazole rings is 1. The highest BCUT2D eigenvalue weighted by Gasteiger charge is 2.48. The molecule has 12 heteroatoms. The van der Waals surface area contributed by atoms with Gasteiger partial charge in [-0.2, -0.15) is 0 Å². The van der Waals surface area contributed by atoms with Crippen LogP contribution in [0.2, 0.25) is 0 Å². The van der Waals surface area contributed by atoms with Crippen LogP contribution in [0.5, 0.6) is 0 Å². The van der Waals surface area contributed by atoms with Crippen molar-refractivity contribution in [2.24, 2.45) is 0 Å². The maximum atomic E-state index is 14.9. The summed E-state index contributed by atoms with van der Waals surface area (Å²) in [7, 11) is -3.41. The van der Waals surface area contributed by atoms with Crippen LogP contribution in [0.4, 0.5) is 15.9 Å². The second-order valence-corrected chi connectivity index (χ2v) is 6.85. The lowest BCUT2D eigenvalue weighted by Crippen LogP contribution is -2.32. The van der Waals surface area contributed by atoms with Crippen molar-refractivity contribution in [1.29, 1.82) is 0 Å². The maximum Gasteiger partial charge on any atom is 0.317 e. The number of rotatable bonds is 6. The number of aromatic nitrogens is 4. The van der Waals surface area contributed by atoms with Crippen molar-refractivity contribution in [3.63, 3.8) is 0 Å². The van der Waals surface area contributed by atoms with Crippen molar-refractivity contribution < 1.29 is 28.2 Å². The third-order valence-corrected chi connectivity index (χ3v) is 4.83. The summed E-state index contributed by atoms with van der Waals surface area (Å²) in [6.45, 7) is -0.570. The molecule has 28 heavy (non-hydrogen) atoms. The van der Waals surface area contributed by atoms with Gasteiger partial charge < -0.3 is 24.6 Å². The minimum atomic E-state index is -3.41. The van der Waals surface area contributed by atoms with Crippen molar-refractivity contribution in [2.75, 3.05) is 11.9 Å². The van der Waals surface area contributed by atoms with Crippen molar-refractivity contribution in [3.8, 4) is 0 Å². The van der Waals surface area contributed by atoms with E-state index >= 15 is 0 Å². The van der Waals surface area contributed by atoms with Crippen LogP contribution >= 0.6 is 8.25 Å². The summed E-state index contributed by atoms with van der Waals surface area (Å²) < 4.78 is 37.5. The Balaban J connectivity index is 1.67. The van der Waals surface area contributed by atoms with Gasteiger partial charge in [0.15, 0.2) is 29.4 Å². The molecule has 0 saturated carbocycles. The lowest BCUT2D eigenvalue weighted by atomic mass is 10.1. The molecule has 0 spiro atoms. The topological polar surface area (TPSA) is 132 Å². The van der Waals surface area contributed by atoms with Crippen molar-refractivity contribution in [3.05, 3.63) is 43.0 Å². The number of nitrogens with one attached hydrogen (secondary N) is 1.